The fourth-order valence-corrected chi connectivity index (χ4v) is 7.31. The molecule has 1 aliphatic carbocycles. The molecule has 1 atom stereocenters. The highest BCUT2D eigenvalue weighted by Crippen LogP contribution is 2.53. The molecule has 2 N–H and O–H groups in total. The van der Waals surface area contributed by atoms with E-state index in [1.165, 1.54) is 12.1 Å². The third kappa shape index (κ3) is 6.66. The van der Waals surface area contributed by atoms with Crippen molar-refractivity contribution in [3.63, 3.8) is 0 Å². The van der Waals surface area contributed by atoms with Crippen molar-refractivity contribution in [3.05, 3.63) is 81.5 Å². The summed E-state index contributed by atoms with van der Waals surface area (Å²) in [5.41, 5.74) is 3.43. The summed E-state index contributed by atoms with van der Waals surface area (Å²) in [5, 5.41) is 6.40. The minimum Gasteiger partial charge on any atom is -0.445 e. The fourth-order valence-electron chi connectivity index (χ4n) is 6.55. The van der Waals surface area contributed by atoms with Gasteiger partial charge in [0, 0.05) is 25.2 Å². The number of hydrogen-bond acceptors (Lipinski definition) is 6. The van der Waals surface area contributed by atoms with Crippen LogP contribution < -0.4 is 10.6 Å². The standard InChI is InChI=1S/C35H41F2N5O3S/c1-22(34(2,3)4)41(33(44)45-20-23-8-6-5-7-9-23)19-24-10-11-27-26(16-24)39-32(40-31(43)29-13-12-28(46-29)30(36)37)42(27)25-17-35(18-25)14-15-38-21-35/h5-13,16,22,25,30,38H,14-15,17-21H2,1-4H3,(H,39,40,43)/t22-,25?,35?/m0/s1. The Labute approximate surface area is 272 Å². The summed E-state index contributed by atoms with van der Waals surface area (Å²) in [7, 11) is 0. The molecular formula is C35H41F2N5O3S. The van der Waals surface area contributed by atoms with Gasteiger partial charge in [-0.3, -0.25) is 10.1 Å². The first-order valence-electron chi connectivity index (χ1n) is 15.8. The maximum Gasteiger partial charge on any atom is 0.410 e. The highest BCUT2D eigenvalue weighted by molar-refractivity contribution is 7.14. The number of ether oxygens (including phenoxy) is 1. The molecule has 1 aliphatic heterocycles. The first-order chi connectivity index (χ1) is 21.9. The number of nitrogens with one attached hydrogen (secondary N) is 2. The summed E-state index contributed by atoms with van der Waals surface area (Å²) in [6, 6.07) is 18.3. The number of anilines is 1. The van der Waals surface area contributed by atoms with Crippen LogP contribution in [-0.2, 0) is 17.9 Å². The quantitative estimate of drug-likeness (QED) is 0.191. The molecule has 2 amide bonds. The molecule has 2 aromatic heterocycles. The number of benzene rings is 2. The smallest absolute Gasteiger partial charge is 0.410 e. The van der Waals surface area contributed by atoms with Crippen LogP contribution in [0.2, 0.25) is 0 Å². The number of fused-ring (bicyclic) bond motifs is 1. The summed E-state index contributed by atoms with van der Waals surface area (Å²) in [6.45, 7) is 10.8. The third-order valence-corrected chi connectivity index (χ3v) is 10.7. The zero-order chi connectivity index (χ0) is 32.6. The molecule has 6 rings (SSSR count). The van der Waals surface area contributed by atoms with Gasteiger partial charge in [-0.25, -0.2) is 18.6 Å². The van der Waals surface area contributed by atoms with Crippen molar-refractivity contribution in [3.8, 4) is 0 Å². The Hall–Kier alpha value is -3.83. The number of carbonyl (C=O) groups excluding carboxylic acids is 2. The van der Waals surface area contributed by atoms with Gasteiger partial charge in [-0.1, -0.05) is 57.2 Å². The monoisotopic (exact) mass is 649 g/mol. The molecule has 46 heavy (non-hydrogen) atoms. The van der Waals surface area contributed by atoms with Crippen LogP contribution >= 0.6 is 11.3 Å². The van der Waals surface area contributed by atoms with Gasteiger partial charge in [-0.05, 0) is 79.0 Å². The van der Waals surface area contributed by atoms with Crippen LogP contribution in [0.1, 0.15) is 85.1 Å². The van der Waals surface area contributed by atoms with E-state index in [0.29, 0.717) is 18.0 Å². The van der Waals surface area contributed by atoms with Crippen molar-refractivity contribution in [2.75, 3.05) is 18.4 Å². The second-order valence-electron chi connectivity index (χ2n) is 13.8. The molecule has 8 nitrogen and oxygen atoms in total. The van der Waals surface area contributed by atoms with Crippen molar-refractivity contribution < 1.29 is 23.1 Å². The molecule has 2 fully saturated rings. The van der Waals surface area contributed by atoms with E-state index in [1.807, 2.05) is 55.5 Å². The molecule has 2 aromatic carbocycles. The van der Waals surface area contributed by atoms with E-state index < -0.39 is 18.4 Å². The Bertz CT molecular complexity index is 1700. The van der Waals surface area contributed by atoms with Crippen LogP contribution in [0.15, 0.2) is 60.7 Å². The van der Waals surface area contributed by atoms with Crippen LogP contribution in [0.25, 0.3) is 11.0 Å². The summed E-state index contributed by atoms with van der Waals surface area (Å²) in [5.74, 6) is -0.0614. The predicted molar refractivity (Wildman–Crippen MR) is 176 cm³/mol. The molecule has 4 aromatic rings. The molecule has 11 heteroatoms. The van der Waals surface area contributed by atoms with Gasteiger partial charge in [-0.2, -0.15) is 0 Å². The minimum atomic E-state index is -2.63. The number of nitrogens with zero attached hydrogens (tertiary/aromatic N) is 3. The molecule has 0 unspecified atom stereocenters. The number of amides is 2. The lowest BCUT2D eigenvalue weighted by atomic mass is 9.65. The molecular weight excluding hydrogens is 608 g/mol. The summed E-state index contributed by atoms with van der Waals surface area (Å²) in [4.78, 5) is 33.4. The number of halogens is 2. The number of hydrogen-bond donors (Lipinski definition) is 2. The number of carbonyl (C=O) groups is 2. The summed E-state index contributed by atoms with van der Waals surface area (Å²) < 4.78 is 34.3. The van der Waals surface area contributed by atoms with Crippen molar-refractivity contribution in [2.45, 2.75) is 78.6 Å². The predicted octanol–water partition coefficient (Wildman–Crippen LogP) is 8.18. The van der Waals surface area contributed by atoms with Crippen LogP contribution in [0.4, 0.5) is 19.5 Å². The van der Waals surface area contributed by atoms with Crippen molar-refractivity contribution >= 4 is 40.3 Å². The molecule has 0 bridgehead atoms. The SMILES string of the molecule is C[C@H](N(Cc1ccc2c(c1)nc(NC(=O)c1ccc(C(F)F)s1)n2C1CC2(CCNC2)C1)C(=O)OCc1ccccc1)C(C)(C)C. The lowest BCUT2D eigenvalue weighted by Crippen LogP contribution is -2.45. The van der Waals surface area contributed by atoms with Crippen molar-refractivity contribution in [2.24, 2.45) is 10.8 Å². The highest BCUT2D eigenvalue weighted by atomic mass is 32.1. The Morgan fingerprint density at radius 3 is 2.54 bits per heavy atom. The van der Waals surface area contributed by atoms with Gasteiger partial charge in [0.1, 0.15) is 6.61 Å². The lowest BCUT2D eigenvalue weighted by Gasteiger charge is -2.46. The lowest BCUT2D eigenvalue weighted by molar-refractivity contribution is 0.0540. The first-order valence-corrected chi connectivity index (χ1v) is 16.6. The largest absolute Gasteiger partial charge is 0.445 e. The topological polar surface area (TPSA) is 88.5 Å². The second kappa shape index (κ2) is 12.8. The van der Waals surface area contributed by atoms with Gasteiger partial charge in [0.05, 0.1) is 20.8 Å². The van der Waals surface area contributed by atoms with E-state index in [2.05, 4.69) is 36.0 Å². The first kappa shape index (κ1) is 32.1. The molecule has 0 radical (unpaired) electrons. The summed E-state index contributed by atoms with van der Waals surface area (Å²) >= 11 is 0.787. The van der Waals surface area contributed by atoms with Crippen molar-refractivity contribution in [1.29, 1.82) is 0 Å². The Morgan fingerprint density at radius 2 is 1.89 bits per heavy atom. The number of alkyl halides is 2. The van der Waals surface area contributed by atoms with E-state index in [-0.39, 0.29) is 39.3 Å². The highest BCUT2D eigenvalue weighted by Gasteiger charge is 2.47. The van der Waals surface area contributed by atoms with E-state index in [9.17, 15) is 18.4 Å². The fraction of sp³-hybridized carbons (Fsp3) is 0.457. The minimum absolute atomic E-state index is 0.131. The average molecular weight is 650 g/mol. The normalized spacial score (nSPS) is 20.2. The van der Waals surface area contributed by atoms with Gasteiger partial charge in [0.25, 0.3) is 12.3 Å². The Balaban J connectivity index is 1.28. The van der Waals surface area contributed by atoms with Gasteiger partial charge in [-0.15, -0.1) is 11.3 Å². The van der Waals surface area contributed by atoms with Gasteiger partial charge in [0.15, 0.2) is 0 Å². The maximum absolute atomic E-state index is 13.5. The van der Waals surface area contributed by atoms with Crippen LogP contribution in [-0.4, -0.2) is 45.6 Å². The Morgan fingerprint density at radius 1 is 1.13 bits per heavy atom. The van der Waals surface area contributed by atoms with Crippen LogP contribution in [0.3, 0.4) is 0 Å². The number of imidazole rings is 1. The molecule has 1 saturated carbocycles. The maximum atomic E-state index is 13.5. The van der Waals surface area contributed by atoms with Crippen LogP contribution in [0.5, 0.6) is 0 Å². The molecule has 2 aliphatic rings. The molecule has 1 spiro atoms. The second-order valence-corrected chi connectivity index (χ2v) is 14.9. The number of thiophene rings is 1. The molecule has 1 saturated heterocycles. The van der Waals surface area contributed by atoms with E-state index in [1.54, 1.807) is 4.90 Å². The Kier molecular flexibility index (Phi) is 8.91. The molecule has 3 heterocycles. The molecule has 244 valence electrons. The summed E-state index contributed by atoms with van der Waals surface area (Å²) in [6.07, 6.45) is 0.0324. The average Bonchev–Trinajstić information content (AvgIpc) is 3.76. The van der Waals surface area contributed by atoms with Gasteiger partial charge < -0.3 is 19.5 Å². The third-order valence-electron chi connectivity index (χ3n) is 9.59. The number of aromatic nitrogens is 2. The van der Waals surface area contributed by atoms with Crippen molar-refractivity contribution in [1.82, 2.24) is 19.8 Å². The van der Waals surface area contributed by atoms with E-state index in [0.717, 1.165) is 60.3 Å². The van der Waals surface area contributed by atoms with Crippen LogP contribution in [0, 0.1) is 10.8 Å². The zero-order valence-electron chi connectivity index (χ0n) is 26.7. The van der Waals surface area contributed by atoms with E-state index >= 15 is 0 Å². The number of rotatable bonds is 9. The van der Waals surface area contributed by atoms with Gasteiger partial charge in [0.2, 0.25) is 5.95 Å². The zero-order valence-corrected chi connectivity index (χ0v) is 27.5. The van der Waals surface area contributed by atoms with Gasteiger partial charge >= 0.3 is 6.09 Å². The van der Waals surface area contributed by atoms with E-state index in [4.69, 9.17) is 9.72 Å².